The zero-order valence-corrected chi connectivity index (χ0v) is 19.5. The van der Waals surface area contributed by atoms with Crippen molar-refractivity contribution >= 4 is 11.7 Å². The van der Waals surface area contributed by atoms with Crippen molar-refractivity contribution in [2.24, 2.45) is 0 Å². The van der Waals surface area contributed by atoms with E-state index in [0.29, 0.717) is 30.8 Å². The first-order chi connectivity index (χ1) is 17.5. The first kappa shape index (κ1) is 26.5. The highest BCUT2D eigenvalue weighted by molar-refractivity contribution is 5.89. The van der Waals surface area contributed by atoms with Gasteiger partial charge in [0.2, 0.25) is 0 Å². The first-order valence-corrected chi connectivity index (χ1v) is 11.6. The number of para-hydroxylation sites is 1. The quantitative estimate of drug-likeness (QED) is 0.357. The Balaban J connectivity index is 1.52. The van der Waals surface area contributed by atoms with Crippen molar-refractivity contribution in [2.45, 2.75) is 37.4 Å². The molecule has 0 aromatic heterocycles. The zero-order chi connectivity index (χ0) is 26.6. The number of nitrogens with one attached hydrogen (secondary N) is 1. The number of likely N-dealkylation sites (tertiary alicyclic amines) is 1. The molecule has 1 fully saturated rings. The minimum atomic E-state index is -4.93. The van der Waals surface area contributed by atoms with E-state index in [-0.39, 0.29) is 30.1 Å². The highest BCUT2D eigenvalue weighted by atomic mass is 19.4. The Morgan fingerprint density at radius 1 is 0.865 bits per heavy atom. The van der Waals surface area contributed by atoms with Crippen molar-refractivity contribution < 1.29 is 35.9 Å². The number of urea groups is 1. The lowest BCUT2D eigenvalue weighted by Crippen LogP contribution is -2.47. The highest BCUT2D eigenvalue weighted by Gasteiger charge is 2.37. The molecule has 1 saturated heterocycles. The van der Waals surface area contributed by atoms with Gasteiger partial charge in [-0.15, -0.1) is 0 Å². The molecule has 1 heterocycles. The third kappa shape index (κ3) is 6.82. The van der Waals surface area contributed by atoms with Gasteiger partial charge in [0.15, 0.2) is 0 Å². The van der Waals surface area contributed by atoms with Crippen LogP contribution in [0.3, 0.4) is 0 Å². The van der Waals surface area contributed by atoms with Crippen LogP contribution in [-0.4, -0.2) is 30.1 Å². The van der Waals surface area contributed by atoms with Gasteiger partial charge in [-0.05, 0) is 47.9 Å². The van der Waals surface area contributed by atoms with E-state index in [9.17, 15) is 31.1 Å². The lowest BCUT2D eigenvalue weighted by Gasteiger charge is -2.38. The highest BCUT2D eigenvalue weighted by Crippen LogP contribution is 2.37. The van der Waals surface area contributed by atoms with Crippen LogP contribution < -0.4 is 5.32 Å². The maximum absolute atomic E-state index is 13.2. The van der Waals surface area contributed by atoms with Crippen molar-refractivity contribution in [1.29, 1.82) is 0 Å². The molecule has 3 aromatic rings. The number of piperidine rings is 1. The number of alkyl halides is 6. The predicted octanol–water partition coefficient (Wildman–Crippen LogP) is 7.33. The number of halogens is 6. The normalized spacial score (nSPS) is 18.5. The molecule has 0 spiro atoms. The van der Waals surface area contributed by atoms with Crippen molar-refractivity contribution in [3.63, 3.8) is 0 Å². The van der Waals surface area contributed by atoms with E-state index in [0.717, 1.165) is 5.56 Å². The van der Waals surface area contributed by atoms with E-state index >= 15 is 0 Å². The van der Waals surface area contributed by atoms with E-state index < -0.39 is 36.2 Å². The van der Waals surface area contributed by atoms with Crippen LogP contribution in [0.4, 0.5) is 36.8 Å². The second-order valence-electron chi connectivity index (χ2n) is 8.81. The Hall–Kier alpha value is -3.53. The van der Waals surface area contributed by atoms with Gasteiger partial charge >= 0.3 is 18.4 Å². The summed E-state index contributed by atoms with van der Waals surface area (Å²) in [6, 6.07) is 19.2. The number of carbonyl (C=O) groups excluding carboxylic acids is 1. The number of rotatable bonds is 5. The molecule has 0 radical (unpaired) electrons. The van der Waals surface area contributed by atoms with Crippen molar-refractivity contribution in [3.05, 3.63) is 101 Å². The van der Waals surface area contributed by atoms with E-state index in [2.05, 4.69) is 5.32 Å². The molecule has 1 aliphatic heterocycles. The minimum Gasteiger partial charge on any atom is -0.373 e. The first-order valence-electron chi connectivity index (χ1n) is 11.6. The average Bonchev–Trinajstić information content (AvgIpc) is 2.87. The summed E-state index contributed by atoms with van der Waals surface area (Å²) >= 11 is 0. The third-order valence-corrected chi connectivity index (χ3v) is 6.20. The van der Waals surface area contributed by atoms with Gasteiger partial charge in [0, 0.05) is 24.7 Å². The third-order valence-electron chi connectivity index (χ3n) is 6.20. The standard InChI is InChI=1S/C27H24F6N2O2/c28-26(29,30)20-13-18(14-21(15-20)27(31,32)33)17-37-24-11-12-35(16-23(24)19-7-3-1-4-8-19)25(36)34-22-9-5-2-6-10-22/h1-10,13-15,23-24H,11-12,16-17H2,(H,34,36). The molecule has 0 saturated carbocycles. The van der Waals surface area contributed by atoms with Gasteiger partial charge < -0.3 is 15.0 Å². The number of nitrogens with zero attached hydrogens (tertiary/aromatic N) is 1. The molecule has 37 heavy (non-hydrogen) atoms. The molecule has 2 atom stereocenters. The molecule has 2 amide bonds. The molecule has 10 heteroatoms. The topological polar surface area (TPSA) is 41.6 Å². The van der Waals surface area contributed by atoms with Gasteiger partial charge in [-0.25, -0.2) is 4.79 Å². The summed E-state index contributed by atoms with van der Waals surface area (Å²) in [5, 5.41) is 2.83. The summed E-state index contributed by atoms with van der Waals surface area (Å²) in [6.45, 7) is 0.143. The summed E-state index contributed by atoms with van der Waals surface area (Å²) in [5.41, 5.74) is -1.50. The Morgan fingerprint density at radius 3 is 2.00 bits per heavy atom. The molecular formula is C27H24F6N2O2. The van der Waals surface area contributed by atoms with Gasteiger partial charge in [0.1, 0.15) is 0 Å². The van der Waals surface area contributed by atoms with Gasteiger partial charge in [-0.1, -0.05) is 48.5 Å². The van der Waals surface area contributed by atoms with Gasteiger partial charge in [0.25, 0.3) is 0 Å². The van der Waals surface area contributed by atoms with E-state index in [1.165, 1.54) is 0 Å². The fraction of sp³-hybridized carbons (Fsp3) is 0.296. The molecular weight excluding hydrogens is 498 g/mol. The second-order valence-corrected chi connectivity index (χ2v) is 8.81. The maximum atomic E-state index is 13.2. The summed E-state index contributed by atoms with van der Waals surface area (Å²) in [6.07, 6.45) is -10.0. The van der Waals surface area contributed by atoms with Crippen molar-refractivity contribution in [1.82, 2.24) is 4.90 Å². The lowest BCUT2D eigenvalue weighted by atomic mass is 9.88. The van der Waals surface area contributed by atoms with Crippen molar-refractivity contribution in [3.8, 4) is 0 Å². The van der Waals surface area contributed by atoms with Gasteiger partial charge in [0.05, 0.1) is 23.8 Å². The Labute approximate surface area is 209 Å². The number of benzene rings is 3. The predicted molar refractivity (Wildman–Crippen MR) is 126 cm³/mol. The summed E-state index contributed by atoms with van der Waals surface area (Å²) in [4.78, 5) is 14.5. The molecule has 0 aliphatic carbocycles. The monoisotopic (exact) mass is 522 g/mol. The summed E-state index contributed by atoms with van der Waals surface area (Å²) < 4.78 is 85.4. The maximum Gasteiger partial charge on any atom is 0.416 e. The Kier molecular flexibility index (Phi) is 7.77. The molecule has 4 nitrogen and oxygen atoms in total. The summed E-state index contributed by atoms with van der Waals surface area (Å²) in [7, 11) is 0. The van der Waals surface area contributed by atoms with E-state index in [1.807, 2.05) is 36.4 Å². The molecule has 0 bridgehead atoms. The largest absolute Gasteiger partial charge is 0.416 e. The minimum absolute atomic E-state index is 0.0973. The van der Waals surface area contributed by atoms with Crippen LogP contribution in [0.5, 0.6) is 0 Å². The van der Waals surface area contributed by atoms with Crippen LogP contribution in [0, 0.1) is 0 Å². The molecule has 2 unspecified atom stereocenters. The molecule has 1 aliphatic rings. The van der Waals surface area contributed by atoms with Gasteiger partial charge in [-0.2, -0.15) is 26.3 Å². The van der Waals surface area contributed by atoms with Crippen LogP contribution in [0.2, 0.25) is 0 Å². The average molecular weight is 522 g/mol. The SMILES string of the molecule is O=C(Nc1ccccc1)N1CCC(OCc2cc(C(F)(F)F)cc(C(F)(F)F)c2)C(c2ccccc2)C1. The molecule has 196 valence electrons. The number of ether oxygens (including phenoxy) is 1. The molecule has 1 N–H and O–H groups in total. The number of hydrogen-bond donors (Lipinski definition) is 1. The van der Waals surface area contributed by atoms with E-state index in [1.54, 1.807) is 29.2 Å². The number of hydrogen-bond acceptors (Lipinski definition) is 2. The Bertz CT molecular complexity index is 1170. The fourth-order valence-electron chi connectivity index (χ4n) is 4.36. The van der Waals surface area contributed by atoms with Crippen LogP contribution in [-0.2, 0) is 23.7 Å². The second kappa shape index (κ2) is 10.8. The number of carbonyl (C=O) groups is 1. The van der Waals surface area contributed by atoms with E-state index in [4.69, 9.17) is 4.74 Å². The lowest BCUT2D eigenvalue weighted by molar-refractivity contribution is -0.143. The van der Waals surface area contributed by atoms with Crippen molar-refractivity contribution in [2.75, 3.05) is 18.4 Å². The molecule has 4 rings (SSSR count). The Morgan fingerprint density at radius 2 is 1.43 bits per heavy atom. The fourth-order valence-corrected chi connectivity index (χ4v) is 4.36. The zero-order valence-electron chi connectivity index (χ0n) is 19.5. The van der Waals surface area contributed by atoms with Crippen LogP contribution in [0.15, 0.2) is 78.9 Å². The smallest absolute Gasteiger partial charge is 0.373 e. The van der Waals surface area contributed by atoms with Crippen LogP contribution in [0.25, 0.3) is 0 Å². The number of amides is 2. The van der Waals surface area contributed by atoms with Crippen LogP contribution >= 0.6 is 0 Å². The molecule has 3 aromatic carbocycles. The number of anilines is 1. The van der Waals surface area contributed by atoms with Crippen LogP contribution in [0.1, 0.15) is 34.6 Å². The summed E-state index contributed by atoms with van der Waals surface area (Å²) in [5.74, 6) is -0.329. The van der Waals surface area contributed by atoms with Gasteiger partial charge in [-0.3, -0.25) is 0 Å².